The molecule has 4 atom stereocenters. The maximum atomic E-state index is 13.2. The van der Waals surface area contributed by atoms with Gasteiger partial charge in [-0.1, -0.05) is 6.07 Å². The van der Waals surface area contributed by atoms with Crippen molar-refractivity contribution in [1.29, 1.82) is 0 Å². The summed E-state index contributed by atoms with van der Waals surface area (Å²) in [6, 6.07) is 11.3. The molecule has 0 spiro atoms. The number of carbonyl (C=O) groups is 4. The molecule has 0 saturated heterocycles. The second-order valence-electron chi connectivity index (χ2n) is 10.1. The van der Waals surface area contributed by atoms with Gasteiger partial charge in [-0.15, -0.1) is 0 Å². The van der Waals surface area contributed by atoms with Gasteiger partial charge in [0.25, 0.3) is 5.91 Å². The van der Waals surface area contributed by atoms with Crippen molar-refractivity contribution in [2.24, 2.45) is 11.8 Å². The summed E-state index contributed by atoms with van der Waals surface area (Å²) in [7, 11) is 1.10. The molecule has 5 N–H and O–H groups in total. The molecule has 2 bridgehead atoms. The number of fused-ring (bicyclic) bond motifs is 2. The summed E-state index contributed by atoms with van der Waals surface area (Å²) in [5.41, 5.74) is -1.20. The lowest BCUT2D eigenvalue weighted by molar-refractivity contribution is 0.0176. The predicted molar refractivity (Wildman–Crippen MR) is 142 cm³/mol. The number of aromatic hydroxyl groups is 4. The van der Waals surface area contributed by atoms with Crippen molar-refractivity contribution in [2.75, 3.05) is 7.11 Å². The third-order valence-electron chi connectivity index (χ3n) is 7.75. The molecule has 0 aliphatic heterocycles. The molecule has 2 saturated carbocycles. The van der Waals surface area contributed by atoms with Crippen molar-refractivity contribution in [3.05, 3.63) is 82.4 Å². The maximum Gasteiger partial charge on any atom is 0.338 e. The molecule has 2 aliphatic rings. The molecule has 0 heterocycles. The largest absolute Gasteiger partial charge is 0.508 e. The van der Waals surface area contributed by atoms with Crippen LogP contribution < -0.4 is 5.32 Å². The summed E-state index contributed by atoms with van der Waals surface area (Å²) >= 11 is 0. The zero-order valence-corrected chi connectivity index (χ0v) is 21.9. The van der Waals surface area contributed by atoms with E-state index in [9.17, 15) is 39.6 Å². The van der Waals surface area contributed by atoms with Crippen LogP contribution in [0.25, 0.3) is 0 Å². The number of carbonyl (C=O) groups excluding carboxylic acids is 4. The number of hydrogen-bond acceptors (Lipinski definition) is 10. The first-order valence-corrected chi connectivity index (χ1v) is 12.9. The predicted octanol–water partition coefficient (Wildman–Crippen LogP) is 3.28. The molecular formula is C30H27NO10. The summed E-state index contributed by atoms with van der Waals surface area (Å²) in [5.74, 6) is -5.25. The highest BCUT2D eigenvalue weighted by atomic mass is 16.5. The normalized spacial score (nSPS) is 20.8. The molecule has 3 aromatic rings. The number of benzene rings is 3. The van der Waals surface area contributed by atoms with Crippen LogP contribution in [0.1, 0.15) is 66.3 Å². The van der Waals surface area contributed by atoms with Crippen molar-refractivity contribution >= 4 is 23.6 Å². The van der Waals surface area contributed by atoms with E-state index in [1.807, 2.05) is 0 Å². The van der Waals surface area contributed by atoms with Gasteiger partial charge in [0.1, 0.15) is 34.7 Å². The number of ether oxygens (including phenoxy) is 2. The van der Waals surface area contributed by atoms with Crippen LogP contribution in [0.15, 0.2) is 54.6 Å². The Kier molecular flexibility index (Phi) is 7.27. The smallest absolute Gasteiger partial charge is 0.338 e. The van der Waals surface area contributed by atoms with Crippen LogP contribution >= 0.6 is 0 Å². The standard InChI is InChI=1S/C30H27NO10/c1-40-30(39)19-3-2-4-21(33)24(19)26(36)25-22(34)12-16(13-23(25)35)29(38)41-27-15-7-10-18(27)20(11-15)31-28(37)14-5-8-17(32)9-6-14/h2-6,8-9,12-13,15,18,20,27,32-35H,7,10-11H2,1H3,(H,31,37). The number of esters is 2. The lowest BCUT2D eigenvalue weighted by atomic mass is 9.95. The SMILES string of the molecule is COC(=O)c1cccc(O)c1C(=O)c1c(O)cc(C(=O)OC2C3CCC2C(NC(=O)c2ccc(O)cc2)C3)cc1O. The van der Waals surface area contributed by atoms with Crippen molar-refractivity contribution in [1.82, 2.24) is 5.32 Å². The second-order valence-corrected chi connectivity index (χ2v) is 10.1. The van der Waals surface area contributed by atoms with Gasteiger partial charge in [0.2, 0.25) is 5.78 Å². The van der Waals surface area contributed by atoms with Gasteiger partial charge in [-0.3, -0.25) is 9.59 Å². The highest BCUT2D eigenvalue weighted by molar-refractivity contribution is 6.18. The molecule has 5 rings (SSSR count). The van der Waals surface area contributed by atoms with E-state index in [4.69, 9.17) is 4.74 Å². The number of phenolic OH excluding ortho intramolecular Hbond substituents is 4. The molecule has 1 amide bonds. The van der Waals surface area contributed by atoms with E-state index in [-0.39, 0.29) is 40.7 Å². The lowest BCUT2D eigenvalue weighted by Crippen LogP contribution is -2.40. The van der Waals surface area contributed by atoms with Crippen molar-refractivity contribution in [3.63, 3.8) is 0 Å². The van der Waals surface area contributed by atoms with E-state index in [0.717, 1.165) is 38.2 Å². The fraction of sp³-hybridized carbons (Fsp3) is 0.267. The van der Waals surface area contributed by atoms with Crippen LogP contribution in [0.5, 0.6) is 23.0 Å². The number of nitrogens with one attached hydrogen (secondary N) is 1. The highest BCUT2D eigenvalue weighted by Gasteiger charge is 2.51. The number of hydrogen-bond donors (Lipinski definition) is 5. The summed E-state index contributed by atoms with van der Waals surface area (Å²) in [6.07, 6.45) is 1.65. The third kappa shape index (κ3) is 5.13. The van der Waals surface area contributed by atoms with Gasteiger partial charge >= 0.3 is 11.9 Å². The molecule has 11 heteroatoms. The van der Waals surface area contributed by atoms with Gasteiger partial charge in [-0.05, 0) is 73.7 Å². The molecular weight excluding hydrogens is 534 g/mol. The topological polar surface area (TPSA) is 180 Å². The number of amides is 1. The minimum Gasteiger partial charge on any atom is -0.508 e. The Hall–Kier alpha value is -5.06. The first-order valence-electron chi connectivity index (χ1n) is 12.9. The van der Waals surface area contributed by atoms with Crippen molar-refractivity contribution < 1.29 is 49.1 Å². The molecule has 2 aliphatic carbocycles. The Morgan fingerprint density at radius 3 is 2.15 bits per heavy atom. The Morgan fingerprint density at radius 2 is 1.49 bits per heavy atom. The molecule has 41 heavy (non-hydrogen) atoms. The van der Waals surface area contributed by atoms with E-state index in [1.165, 1.54) is 36.4 Å². The zero-order valence-electron chi connectivity index (χ0n) is 21.9. The van der Waals surface area contributed by atoms with E-state index in [1.54, 1.807) is 0 Å². The van der Waals surface area contributed by atoms with Gasteiger partial charge in [-0.2, -0.15) is 0 Å². The second kappa shape index (κ2) is 10.8. The van der Waals surface area contributed by atoms with E-state index in [2.05, 4.69) is 10.1 Å². The molecule has 212 valence electrons. The maximum absolute atomic E-state index is 13.2. The van der Waals surface area contributed by atoms with Crippen LogP contribution in [-0.4, -0.2) is 63.3 Å². The first kappa shape index (κ1) is 27.5. The van der Waals surface area contributed by atoms with E-state index >= 15 is 0 Å². The van der Waals surface area contributed by atoms with Gasteiger partial charge in [0.15, 0.2) is 0 Å². The van der Waals surface area contributed by atoms with Crippen LogP contribution in [-0.2, 0) is 9.47 Å². The summed E-state index contributed by atoms with van der Waals surface area (Å²) in [5, 5.41) is 43.9. The average Bonchev–Trinajstić information content (AvgIpc) is 3.47. The molecule has 2 fully saturated rings. The molecule has 0 aromatic heterocycles. The fourth-order valence-corrected chi connectivity index (χ4v) is 5.82. The van der Waals surface area contributed by atoms with Crippen LogP contribution in [0, 0.1) is 11.8 Å². The van der Waals surface area contributed by atoms with Crippen molar-refractivity contribution in [3.8, 4) is 23.0 Å². The Bertz CT molecular complexity index is 1520. The molecule has 3 aromatic carbocycles. The average molecular weight is 562 g/mol. The Labute approximate surface area is 234 Å². The summed E-state index contributed by atoms with van der Waals surface area (Å²) in [4.78, 5) is 51.0. The van der Waals surface area contributed by atoms with Crippen LogP contribution in [0.4, 0.5) is 0 Å². The van der Waals surface area contributed by atoms with Gasteiger partial charge in [0.05, 0.1) is 23.8 Å². The fourth-order valence-electron chi connectivity index (χ4n) is 5.82. The first-order chi connectivity index (χ1) is 19.6. The highest BCUT2D eigenvalue weighted by Crippen LogP contribution is 2.47. The number of rotatable bonds is 7. The summed E-state index contributed by atoms with van der Waals surface area (Å²) < 4.78 is 10.4. The number of phenols is 4. The summed E-state index contributed by atoms with van der Waals surface area (Å²) in [6.45, 7) is 0. The minimum absolute atomic E-state index is 0.00918. The van der Waals surface area contributed by atoms with E-state index in [0.29, 0.717) is 12.0 Å². The van der Waals surface area contributed by atoms with Gasteiger partial charge in [-0.25, -0.2) is 9.59 Å². The van der Waals surface area contributed by atoms with Gasteiger partial charge < -0.3 is 35.2 Å². The zero-order chi connectivity index (χ0) is 29.4. The quantitative estimate of drug-likeness (QED) is 0.212. The molecule has 4 unspecified atom stereocenters. The van der Waals surface area contributed by atoms with Crippen molar-refractivity contribution in [2.45, 2.75) is 31.4 Å². The monoisotopic (exact) mass is 561 g/mol. The van der Waals surface area contributed by atoms with Crippen LogP contribution in [0.3, 0.4) is 0 Å². The number of methoxy groups -OCH3 is 1. The number of ketones is 1. The molecule has 11 nitrogen and oxygen atoms in total. The lowest BCUT2D eigenvalue weighted by Gasteiger charge is -2.23. The minimum atomic E-state index is -1.06. The van der Waals surface area contributed by atoms with Gasteiger partial charge in [0, 0.05) is 17.5 Å². The Balaban J connectivity index is 1.32. The third-order valence-corrected chi connectivity index (χ3v) is 7.75. The van der Waals surface area contributed by atoms with Crippen LogP contribution in [0.2, 0.25) is 0 Å². The Morgan fingerprint density at radius 1 is 0.805 bits per heavy atom. The molecule has 0 radical (unpaired) electrons. The van der Waals surface area contributed by atoms with E-state index < -0.39 is 52.2 Å².